The van der Waals surface area contributed by atoms with Gasteiger partial charge in [-0.15, -0.1) is 0 Å². The summed E-state index contributed by atoms with van der Waals surface area (Å²) in [7, 11) is 1.67. The van der Waals surface area contributed by atoms with E-state index in [0.29, 0.717) is 6.54 Å². The Bertz CT molecular complexity index is 704. The summed E-state index contributed by atoms with van der Waals surface area (Å²) in [5.74, 6) is -0.639. The van der Waals surface area contributed by atoms with E-state index in [0.717, 1.165) is 11.1 Å². The Kier molecular flexibility index (Phi) is 6.07. The Morgan fingerprint density at radius 1 is 1.12 bits per heavy atom. The number of amides is 2. The molecular formula is C19H21FN2O2. The largest absolute Gasteiger partial charge is 0.349 e. The molecule has 2 amide bonds. The van der Waals surface area contributed by atoms with Crippen molar-refractivity contribution in [2.45, 2.75) is 25.9 Å². The molecule has 1 atom stereocenters. The Labute approximate surface area is 141 Å². The first-order valence-electron chi connectivity index (χ1n) is 7.76. The zero-order valence-corrected chi connectivity index (χ0v) is 13.8. The topological polar surface area (TPSA) is 49.4 Å². The van der Waals surface area contributed by atoms with E-state index in [1.807, 2.05) is 30.3 Å². The van der Waals surface area contributed by atoms with E-state index < -0.39 is 0 Å². The lowest BCUT2D eigenvalue weighted by Crippen LogP contribution is -2.33. The summed E-state index contributed by atoms with van der Waals surface area (Å²) in [5, 5.41) is 2.81. The molecule has 1 unspecified atom stereocenters. The molecule has 0 aliphatic rings. The van der Waals surface area contributed by atoms with Crippen LogP contribution in [0.4, 0.5) is 4.39 Å². The van der Waals surface area contributed by atoms with Crippen LogP contribution in [-0.2, 0) is 16.1 Å². The van der Waals surface area contributed by atoms with E-state index in [4.69, 9.17) is 0 Å². The van der Waals surface area contributed by atoms with Crippen LogP contribution in [0.25, 0.3) is 0 Å². The summed E-state index contributed by atoms with van der Waals surface area (Å²) in [5.41, 5.74) is 1.60. The molecule has 5 heteroatoms. The van der Waals surface area contributed by atoms with E-state index in [2.05, 4.69) is 5.32 Å². The monoisotopic (exact) mass is 328 g/mol. The number of halogens is 1. The Morgan fingerprint density at radius 3 is 2.46 bits per heavy atom. The third-order valence-corrected chi connectivity index (χ3v) is 3.69. The molecule has 24 heavy (non-hydrogen) atoms. The van der Waals surface area contributed by atoms with Crippen LogP contribution in [0, 0.1) is 5.82 Å². The zero-order chi connectivity index (χ0) is 17.5. The average molecular weight is 328 g/mol. The van der Waals surface area contributed by atoms with Gasteiger partial charge in [-0.05, 0) is 23.3 Å². The molecule has 126 valence electrons. The van der Waals surface area contributed by atoms with Gasteiger partial charge < -0.3 is 10.2 Å². The molecule has 0 bridgehead atoms. The van der Waals surface area contributed by atoms with Crippen LogP contribution in [-0.4, -0.2) is 23.8 Å². The van der Waals surface area contributed by atoms with Crippen LogP contribution in [0.5, 0.6) is 0 Å². The molecule has 0 saturated carbocycles. The maximum atomic E-state index is 13.2. The molecule has 0 aliphatic heterocycles. The molecule has 0 radical (unpaired) electrons. The summed E-state index contributed by atoms with van der Waals surface area (Å²) in [4.78, 5) is 25.4. The maximum Gasteiger partial charge on any atom is 0.225 e. The summed E-state index contributed by atoms with van der Waals surface area (Å²) in [6.45, 7) is 1.75. The molecule has 1 N–H and O–H groups in total. The second kappa shape index (κ2) is 8.24. The minimum atomic E-state index is -0.383. The van der Waals surface area contributed by atoms with Crippen LogP contribution in [0.1, 0.15) is 30.5 Å². The fourth-order valence-electron chi connectivity index (χ4n) is 2.51. The molecule has 0 heterocycles. The van der Waals surface area contributed by atoms with Gasteiger partial charge in [0.15, 0.2) is 0 Å². The highest BCUT2D eigenvalue weighted by molar-refractivity contribution is 5.79. The van der Waals surface area contributed by atoms with Gasteiger partial charge in [-0.25, -0.2) is 4.39 Å². The number of carbonyl (C=O) groups excluding carboxylic acids is 2. The smallest absolute Gasteiger partial charge is 0.225 e. The predicted octanol–water partition coefficient (Wildman–Crippen LogP) is 3.05. The highest BCUT2D eigenvalue weighted by Crippen LogP contribution is 2.18. The van der Waals surface area contributed by atoms with Gasteiger partial charge in [0.05, 0.1) is 12.5 Å². The Hall–Kier alpha value is -2.69. The molecule has 0 aromatic heterocycles. The zero-order valence-electron chi connectivity index (χ0n) is 13.8. The van der Waals surface area contributed by atoms with Crippen molar-refractivity contribution in [3.05, 3.63) is 71.5 Å². The van der Waals surface area contributed by atoms with Crippen molar-refractivity contribution in [1.29, 1.82) is 0 Å². The summed E-state index contributed by atoms with van der Waals surface area (Å²) < 4.78 is 13.2. The lowest BCUT2D eigenvalue weighted by Gasteiger charge is -2.22. The van der Waals surface area contributed by atoms with Crippen molar-refractivity contribution in [2.24, 2.45) is 0 Å². The van der Waals surface area contributed by atoms with Gasteiger partial charge in [-0.1, -0.05) is 42.5 Å². The molecule has 4 nitrogen and oxygen atoms in total. The van der Waals surface area contributed by atoms with E-state index in [1.54, 1.807) is 19.2 Å². The van der Waals surface area contributed by atoms with E-state index in [1.165, 1.54) is 24.0 Å². The third-order valence-electron chi connectivity index (χ3n) is 3.69. The summed E-state index contributed by atoms with van der Waals surface area (Å²) in [6, 6.07) is 15.2. The molecular weight excluding hydrogens is 307 g/mol. The average Bonchev–Trinajstić information content (AvgIpc) is 2.54. The van der Waals surface area contributed by atoms with Gasteiger partial charge >= 0.3 is 0 Å². The quantitative estimate of drug-likeness (QED) is 0.886. The van der Waals surface area contributed by atoms with E-state index in [9.17, 15) is 14.0 Å². The van der Waals surface area contributed by atoms with Gasteiger partial charge in [-0.3, -0.25) is 9.59 Å². The lowest BCUT2D eigenvalue weighted by atomic mass is 10.0. The van der Waals surface area contributed by atoms with Crippen LogP contribution in [0.2, 0.25) is 0 Å². The Balaban J connectivity index is 2.05. The fraction of sp³-hybridized carbons (Fsp3) is 0.263. The number of hydrogen-bond donors (Lipinski definition) is 1. The van der Waals surface area contributed by atoms with Crippen LogP contribution >= 0.6 is 0 Å². The highest BCUT2D eigenvalue weighted by Gasteiger charge is 2.19. The van der Waals surface area contributed by atoms with Gasteiger partial charge in [0.25, 0.3) is 0 Å². The third kappa shape index (κ3) is 5.19. The molecule has 0 spiro atoms. The standard InChI is InChI=1S/C19H21FN2O2/c1-14(23)21-18(16-8-4-3-5-9-16)12-19(24)22(2)13-15-7-6-10-17(20)11-15/h3-11,18H,12-13H2,1-2H3,(H,21,23). The van der Waals surface area contributed by atoms with Gasteiger partial charge in [-0.2, -0.15) is 0 Å². The number of carbonyl (C=O) groups is 2. The number of hydrogen-bond acceptors (Lipinski definition) is 2. The van der Waals surface area contributed by atoms with Crippen molar-refractivity contribution < 1.29 is 14.0 Å². The minimum absolute atomic E-state index is 0.123. The van der Waals surface area contributed by atoms with Crippen molar-refractivity contribution in [2.75, 3.05) is 7.05 Å². The first kappa shape index (κ1) is 17.7. The number of benzene rings is 2. The van der Waals surface area contributed by atoms with Crippen molar-refractivity contribution in [1.82, 2.24) is 10.2 Å². The maximum absolute atomic E-state index is 13.2. The van der Waals surface area contributed by atoms with Crippen LogP contribution < -0.4 is 5.32 Å². The van der Waals surface area contributed by atoms with Crippen LogP contribution in [0.15, 0.2) is 54.6 Å². The van der Waals surface area contributed by atoms with Crippen molar-refractivity contribution in [3.8, 4) is 0 Å². The van der Waals surface area contributed by atoms with Crippen molar-refractivity contribution in [3.63, 3.8) is 0 Å². The minimum Gasteiger partial charge on any atom is -0.349 e. The normalized spacial score (nSPS) is 11.6. The lowest BCUT2D eigenvalue weighted by molar-refractivity contribution is -0.131. The SMILES string of the molecule is CC(=O)NC(CC(=O)N(C)Cc1cccc(F)c1)c1ccccc1. The van der Waals surface area contributed by atoms with Gasteiger partial charge in [0, 0.05) is 20.5 Å². The molecule has 0 aliphatic carbocycles. The Morgan fingerprint density at radius 2 is 1.83 bits per heavy atom. The number of nitrogens with one attached hydrogen (secondary N) is 1. The summed E-state index contributed by atoms with van der Waals surface area (Å²) >= 11 is 0. The van der Waals surface area contributed by atoms with Crippen molar-refractivity contribution >= 4 is 11.8 Å². The highest BCUT2D eigenvalue weighted by atomic mass is 19.1. The second-order valence-electron chi connectivity index (χ2n) is 5.75. The van der Waals surface area contributed by atoms with Crippen LogP contribution in [0.3, 0.4) is 0 Å². The number of nitrogens with zero attached hydrogens (tertiary/aromatic N) is 1. The van der Waals surface area contributed by atoms with Gasteiger partial charge in [0.1, 0.15) is 5.82 Å². The predicted molar refractivity (Wildman–Crippen MR) is 90.5 cm³/mol. The second-order valence-corrected chi connectivity index (χ2v) is 5.75. The number of rotatable bonds is 6. The molecule has 0 fully saturated rings. The molecule has 2 aromatic carbocycles. The first-order chi connectivity index (χ1) is 11.5. The van der Waals surface area contributed by atoms with Gasteiger partial charge in [0.2, 0.25) is 11.8 Å². The summed E-state index contributed by atoms with van der Waals surface area (Å²) in [6.07, 6.45) is 0.148. The molecule has 2 rings (SSSR count). The fourth-order valence-corrected chi connectivity index (χ4v) is 2.51. The first-order valence-corrected chi connectivity index (χ1v) is 7.76. The van der Waals surface area contributed by atoms with E-state index in [-0.39, 0.29) is 30.1 Å². The van der Waals surface area contributed by atoms with E-state index >= 15 is 0 Å². The molecule has 2 aromatic rings. The molecule has 0 saturated heterocycles.